The smallest absolute Gasteiger partial charge is 0.228 e. The quantitative estimate of drug-likeness (QED) is 0.647. The maximum Gasteiger partial charge on any atom is 0.228 e. The van der Waals surface area contributed by atoms with Gasteiger partial charge in [-0.25, -0.2) is 0 Å². The van der Waals surface area contributed by atoms with Gasteiger partial charge in [0.2, 0.25) is 5.91 Å². The predicted molar refractivity (Wildman–Crippen MR) is 93.6 cm³/mol. The number of Topliss-reactive ketones (excluding diaryl/α,β-unsaturated/α-hetero) is 1. The van der Waals surface area contributed by atoms with Crippen molar-refractivity contribution < 1.29 is 14.3 Å². The van der Waals surface area contributed by atoms with E-state index >= 15 is 0 Å². The van der Waals surface area contributed by atoms with Crippen LogP contribution in [0.15, 0.2) is 47.4 Å². The third-order valence-corrected chi connectivity index (χ3v) is 4.16. The summed E-state index contributed by atoms with van der Waals surface area (Å²) in [6, 6.07) is 12.8. The Morgan fingerprint density at radius 3 is 2.39 bits per heavy atom. The van der Waals surface area contributed by atoms with Gasteiger partial charge < -0.3 is 10.1 Å². The number of ether oxygens (including phenoxy) is 1. The molecule has 1 amide bonds. The van der Waals surface area contributed by atoms with Crippen LogP contribution in [0.1, 0.15) is 22.8 Å². The summed E-state index contributed by atoms with van der Waals surface area (Å²) in [4.78, 5) is 24.9. The summed E-state index contributed by atoms with van der Waals surface area (Å²) in [5, 5.41) is 2.85. The Balaban J connectivity index is 2.12. The molecule has 0 saturated carbocycles. The number of hydrogen-bond donors (Lipinski definition) is 1. The summed E-state index contributed by atoms with van der Waals surface area (Å²) >= 11 is 1.65. The second-order valence-electron chi connectivity index (χ2n) is 5.04. The minimum absolute atomic E-state index is 0.0398. The Morgan fingerprint density at radius 1 is 1.13 bits per heavy atom. The molecule has 0 atom stereocenters. The standard InChI is InChI=1S/C18H19NO3S/c1-12(20)13-4-9-17(22-2)14(10-13)11-18(21)19-15-5-7-16(23-3)8-6-15/h4-10H,11H2,1-3H3,(H,19,21). The van der Waals surface area contributed by atoms with Crippen molar-refractivity contribution in [2.45, 2.75) is 18.2 Å². The molecule has 0 aliphatic carbocycles. The number of hydrogen-bond acceptors (Lipinski definition) is 4. The molecule has 120 valence electrons. The van der Waals surface area contributed by atoms with Gasteiger partial charge in [-0.1, -0.05) is 0 Å². The molecule has 0 aromatic heterocycles. The minimum Gasteiger partial charge on any atom is -0.496 e. The molecule has 0 fully saturated rings. The lowest BCUT2D eigenvalue weighted by Gasteiger charge is -2.10. The van der Waals surface area contributed by atoms with Gasteiger partial charge in [0, 0.05) is 21.7 Å². The van der Waals surface area contributed by atoms with Crippen LogP contribution in [0, 0.1) is 0 Å². The van der Waals surface area contributed by atoms with Crippen LogP contribution in [0.3, 0.4) is 0 Å². The number of nitrogens with one attached hydrogen (secondary N) is 1. The Hall–Kier alpha value is -2.27. The van der Waals surface area contributed by atoms with Crippen LogP contribution in [0.5, 0.6) is 5.75 Å². The predicted octanol–water partition coefficient (Wildman–Crippen LogP) is 3.80. The summed E-state index contributed by atoms with van der Waals surface area (Å²) in [5.41, 5.74) is 2.01. The molecule has 2 aromatic rings. The average Bonchev–Trinajstić information content (AvgIpc) is 2.55. The Kier molecular flexibility index (Phi) is 5.82. The monoisotopic (exact) mass is 329 g/mol. The maximum atomic E-state index is 12.2. The van der Waals surface area contributed by atoms with E-state index in [0.717, 1.165) is 10.6 Å². The lowest BCUT2D eigenvalue weighted by atomic mass is 10.0. The van der Waals surface area contributed by atoms with Gasteiger partial charge in [-0.2, -0.15) is 0 Å². The molecule has 2 aromatic carbocycles. The summed E-state index contributed by atoms with van der Waals surface area (Å²) in [6.45, 7) is 1.50. The van der Waals surface area contributed by atoms with Gasteiger partial charge in [-0.3, -0.25) is 9.59 Å². The van der Waals surface area contributed by atoms with Gasteiger partial charge in [-0.05, 0) is 55.6 Å². The Morgan fingerprint density at radius 2 is 1.83 bits per heavy atom. The fraction of sp³-hybridized carbons (Fsp3) is 0.222. The zero-order valence-corrected chi connectivity index (χ0v) is 14.2. The number of carbonyl (C=O) groups is 2. The molecule has 0 spiro atoms. The van der Waals surface area contributed by atoms with E-state index < -0.39 is 0 Å². The SMILES string of the molecule is COc1ccc(C(C)=O)cc1CC(=O)Nc1ccc(SC)cc1. The van der Waals surface area contributed by atoms with Crippen LogP contribution in [-0.4, -0.2) is 25.1 Å². The van der Waals surface area contributed by atoms with Crippen molar-refractivity contribution in [3.8, 4) is 5.75 Å². The highest BCUT2D eigenvalue weighted by molar-refractivity contribution is 7.98. The van der Waals surface area contributed by atoms with Crippen molar-refractivity contribution in [1.29, 1.82) is 0 Å². The minimum atomic E-state index is -0.152. The van der Waals surface area contributed by atoms with E-state index in [1.807, 2.05) is 30.5 Å². The first-order valence-electron chi connectivity index (χ1n) is 7.15. The van der Waals surface area contributed by atoms with Crippen LogP contribution < -0.4 is 10.1 Å². The van der Waals surface area contributed by atoms with Crippen molar-refractivity contribution in [2.75, 3.05) is 18.7 Å². The molecule has 5 heteroatoms. The molecule has 2 rings (SSSR count). The second-order valence-corrected chi connectivity index (χ2v) is 5.92. The van der Waals surface area contributed by atoms with E-state index in [1.165, 1.54) is 6.92 Å². The molecular formula is C18H19NO3S. The number of thioether (sulfide) groups is 1. The largest absolute Gasteiger partial charge is 0.496 e. The normalized spacial score (nSPS) is 10.2. The zero-order chi connectivity index (χ0) is 16.8. The first kappa shape index (κ1) is 17.1. The third-order valence-electron chi connectivity index (χ3n) is 3.41. The molecular weight excluding hydrogens is 310 g/mol. The lowest BCUT2D eigenvalue weighted by molar-refractivity contribution is -0.115. The highest BCUT2D eigenvalue weighted by Crippen LogP contribution is 2.22. The highest BCUT2D eigenvalue weighted by atomic mass is 32.2. The molecule has 0 unspecified atom stereocenters. The fourth-order valence-electron chi connectivity index (χ4n) is 2.19. The lowest BCUT2D eigenvalue weighted by Crippen LogP contribution is -2.15. The van der Waals surface area contributed by atoms with Gasteiger partial charge in [-0.15, -0.1) is 11.8 Å². The fourth-order valence-corrected chi connectivity index (χ4v) is 2.60. The Bertz CT molecular complexity index is 711. The highest BCUT2D eigenvalue weighted by Gasteiger charge is 2.11. The van der Waals surface area contributed by atoms with E-state index in [9.17, 15) is 9.59 Å². The van der Waals surface area contributed by atoms with Crippen molar-refractivity contribution >= 4 is 29.1 Å². The molecule has 0 radical (unpaired) electrons. The van der Waals surface area contributed by atoms with Crippen LogP contribution in [0.4, 0.5) is 5.69 Å². The van der Waals surface area contributed by atoms with Crippen molar-refractivity contribution in [3.05, 3.63) is 53.6 Å². The molecule has 0 aliphatic rings. The van der Waals surface area contributed by atoms with Crippen molar-refractivity contribution in [2.24, 2.45) is 0 Å². The van der Waals surface area contributed by atoms with E-state index in [1.54, 1.807) is 37.1 Å². The van der Waals surface area contributed by atoms with Crippen LogP contribution in [0.25, 0.3) is 0 Å². The van der Waals surface area contributed by atoms with E-state index in [0.29, 0.717) is 16.9 Å². The first-order valence-corrected chi connectivity index (χ1v) is 8.37. The summed E-state index contributed by atoms with van der Waals surface area (Å²) < 4.78 is 5.27. The first-order chi connectivity index (χ1) is 11.0. The summed E-state index contributed by atoms with van der Waals surface area (Å²) in [6.07, 6.45) is 2.15. The number of amides is 1. The third kappa shape index (κ3) is 4.60. The van der Waals surface area contributed by atoms with E-state index in [4.69, 9.17) is 4.74 Å². The van der Waals surface area contributed by atoms with Crippen LogP contribution >= 0.6 is 11.8 Å². The maximum absolute atomic E-state index is 12.2. The molecule has 0 aliphatic heterocycles. The molecule has 0 bridgehead atoms. The molecule has 23 heavy (non-hydrogen) atoms. The molecule has 0 heterocycles. The zero-order valence-electron chi connectivity index (χ0n) is 13.4. The second kappa shape index (κ2) is 7.83. The van der Waals surface area contributed by atoms with Crippen LogP contribution in [0.2, 0.25) is 0 Å². The van der Waals surface area contributed by atoms with E-state index in [-0.39, 0.29) is 18.1 Å². The number of anilines is 1. The van der Waals surface area contributed by atoms with Gasteiger partial charge >= 0.3 is 0 Å². The average molecular weight is 329 g/mol. The number of benzene rings is 2. The topological polar surface area (TPSA) is 55.4 Å². The van der Waals surface area contributed by atoms with Crippen molar-refractivity contribution in [3.63, 3.8) is 0 Å². The molecule has 1 N–H and O–H groups in total. The van der Waals surface area contributed by atoms with Gasteiger partial charge in [0.05, 0.1) is 13.5 Å². The summed E-state index contributed by atoms with van der Waals surface area (Å²) in [7, 11) is 1.55. The number of rotatable bonds is 6. The number of carbonyl (C=O) groups excluding carboxylic acids is 2. The molecule has 4 nitrogen and oxygen atoms in total. The van der Waals surface area contributed by atoms with Gasteiger partial charge in [0.1, 0.15) is 5.75 Å². The van der Waals surface area contributed by atoms with E-state index in [2.05, 4.69) is 5.32 Å². The number of methoxy groups -OCH3 is 1. The van der Waals surface area contributed by atoms with Crippen molar-refractivity contribution in [1.82, 2.24) is 0 Å². The van der Waals surface area contributed by atoms with Gasteiger partial charge in [0.15, 0.2) is 5.78 Å². The molecule has 0 saturated heterocycles. The van der Waals surface area contributed by atoms with Gasteiger partial charge in [0.25, 0.3) is 0 Å². The number of ketones is 1. The van der Waals surface area contributed by atoms with Crippen LogP contribution in [-0.2, 0) is 11.2 Å². The Labute approximate surface area is 140 Å². The summed E-state index contributed by atoms with van der Waals surface area (Å²) in [5.74, 6) is 0.408.